The standard InChI is InChI=1S/C26H36FN3O/c1-16(14-30-15-17(28-4)13-29-30)22-5-6-23-20-11-24(27)21-12-25(2,31)9-7-19(21)18(20)8-10-26(22,23)3/h13,15,18-24,31H,1,5-12,14H2,2-3H3/t18-,19-,20-,21+,22-,23+,24-,25-,26-/m1/s1. The van der Waals surface area contributed by atoms with Gasteiger partial charge in [-0.25, -0.2) is 9.24 Å². The van der Waals surface area contributed by atoms with Gasteiger partial charge in [-0.2, -0.15) is 5.10 Å². The fraction of sp³-hybridized carbons (Fsp3) is 0.769. The second-order valence-corrected chi connectivity index (χ2v) is 11.6. The lowest BCUT2D eigenvalue weighted by Crippen LogP contribution is -2.54. The molecule has 1 aromatic heterocycles. The van der Waals surface area contributed by atoms with E-state index in [1.807, 2.05) is 11.6 Å². The van der Waals surface area contributed by atoms with Crippen LogP contribution in [0.25, 0.3) is 4.85 Å². The molecular weight excluding hydrogens is 389 g/mol. The molecule has 4 fully saturated rings. The third-order valence-corrected chi connectivity index (χ3v) is 9.85. The third kappa shape index (κ3) is 3.46. The van der Waals surface area contributed by atoms with Crippen molar-refractivity contribution in [3.05, 3.63) is 36.0 Å². The summed E-state index contributed by atoms with van der Waals surface area (Å²) in [6.07, 6.45) is 10.5. The van der Waals surface area contributed by atoms with Gasteiger partial charge in [0.2, 0.25) is 5.69 Å². The molecule has 1 heterocycles. The second kappa shape index (κ2) is 7.44. The van der Waals surface area contributed by atoms with Crippen molar-refractivity contribution >= 4 is 5.69 Å². The number of halogens is 1. The van der Waals surface area contributed by atoms with Gasteiger partial charge in [-0.3, -0.25) is 4.68 Å². The van der Waals surface area contributed by atoms with E-state index in [0.717, 1.165) is 19.3 Å². The molecule has 5 heteroatoms. The normalized spacial score (nSPS) is 46.5. The molecule has 0 saturated heterocycles. The molecule has 0 radical (unpaired) electrons. The van der Waals surface area contributed by atoms with Gasteiger partial charge in [0.15, 0.2) is 0 Å². The molecule has 31 heavy (non-hydrogen) atoms. The minimum atomic E-state index is -0.765. The largest absolute Gasteiger partial charge is 0.390 e. The van der Waals surface area contributed by atoms with Crippen LogP contribution in [0.4, 0.5) is 10.1 Å². The Bertz CT molecular complexity index is 901. The average molecular weight is 426 g/mol. The van der Waals surface area contributed by atoms with Crippen molar-refractivity contribution < 1.29 is 9.50 Å². The zero-order chi connectivity index (χ0) is 22.0. The molecule has 5 rings (SSSR count). The van der Waals surface area contributed by atoms with Crippen LogP contribution in [0.5, 0.6) is 0 Å². The van der Waals surface area contributed by atoms with Gasteiger partial charge in [0.1, 0.15) is 6.17 Å². The van der Waals surface area contributed by atoms with Crippen LogP contribution in [0.2, 0.25) is 0 Å². The fourth-order valence-corrected chi connectivity index (χ4v) is 8.49. The van der Waals surface area contributed by atoms with Gasteiger partial charge in [0.05, 0.1) is 24.9 Å². The van der Waals surface area contributed by atoms with Crippen molar-refractivity contribution in [3.63, 3.8) is 0 Å². The van der Waals surface area contributed by atoms with Crippen molar-refractivity contribution in [2.45, 2.75) is 83.5 Å². The molecule has 1 N–H and O–H groups in total. The predicted molar refractivity (Wildman–Crippen MR) is 119 cm³/mol. The van der Waals surface area contributed by atoms with E-state index in [9.17, 15) is 5.11 Å². The molecule has 9 atom stereocenters. The Labute approximate surface area is 185 Å². The van der Waals surface area contributed by atoms with Crippen LogP contribution in [0.15, 0.2) is 24.5 Å². The Morgan fingerprint density at radius 3 is 2.71 bits per heavy atom. The van der Waals surface area contributed by atoms with E-state index in [4.69, 9.17) is 6.57 Å². The molecule has 4 nitrogen and oxygen atoms in total. The third-order valence-electron chi connectivity index (χ3n) is 9.85. The Balaban J connectivity index is 1.33. The molecule has 4 aliphatic rings. The lowest BCUT2D eigenvalue weighted by Gasteiger charge is -2.57. The highest BCUT2D eigenvalue weighted by atomic mass is 19.1. The molecule has 0 aromatic carbocycles. The van der Waals surface area contributed by atoms with Crippen molar-refractivity contribution in [2.75, 3.05) is 0 Å². The number of nitrogens with zero attached hydrogens (tertiary/aromatic N) is 3. The molecule has 0 aliphatic heterocycles. The predicted octanol–water partition coefficient (Wildman–Crippen LogP) is 5.96. The molecular formula is C26H36FN3O. The summed E-state index contributed by atoms with van der Waals surface area (Å²) >= 11 is 0. The summed E-state index contributed by atoms with van der Waals surface area (Å²) in [6.45, 7) is 16.6. The Kier molecular flexibility index (Phi) is 5.09. The summed E-state index contributed by atoms with van der Waals surface area (Å²) in [7, 11) is 0. The van der Waals surface area contributed by atoms with Crippen molar-refractivity contribution in [1.29, 1.82) is 0 Å². The number of fused-ring (bicyclic) bond motifs is 5. The highest BCUT2D eigenvalue weighted by Gasteiger charge is 2.59. The monoisotopic (exact) mass is 425 g/mol. The van der Waals surface area contributed by atoms with Crippen molar-refractivity contribution in [3.8, 4) is 0 Å². The van der Waals surface area contributed by atoms with Crippen LogP contribution in [-0.2, 0) is 6.54 Å². The maximum absolute atomic E-state index is 15.4. The summed E-state index contributed by atoms with van der Waals surface area (Å²) in [5.41, 5.74) is 1.29. The van der Waals surface area contributed by atoms with Gasteiger partial charge in [-0.15, -0.1) is 0 Å². The molecule has 0 spiro atoms. The van der Waals surface area contributed by atoms with Gasteiger partial charge in [-0.1, -0.05) is 19.1 Å². The Morgan fingerprint density at radius 2 is 1.97 bits per heavy atom. The van der Waals surface area contributed by atoms with E-state index in [0.29, 0.717) is 54.7 Å². The van der Waals surface area contributed by atoms with Crippen LogP contribution < -0.4 is 0 Å². The van der Waals surface area contributed by atoms with E-state index in [-0.39, 0.29) is 11.3 Å². The van der Waals surface area contributed by atoms with Crippen LogP contribution >= 0.6 is 0 Å². The molecule has 0 bridgehead atoms. The fourth-order valence-electron chi connectivity index (χ4n) is 8.49. The first-order chi connectivity index (χ1) is 14.7. The van der Waals surface area contributed by atoms with E-state index in [2.05, 4.69) is 23.4 Å². The summed E-state index contributed by atoms with van der Waals surface area (Å²) in [5.74, 6) is 2.64. The van der Waals surface area contributed by atoms with Crippen molar-refractivity contribution in [1.82, 2.24) is 9.78 Å². The first-order valence-electron chi connectivity index (χ1n) is 12.2. The smallest absolute Gasteiger partial charge is 0.224 e. The lowest BCUT2D eigenvalue weighted by molar-refractivity contribution is -0.125. The van der Waals surface area contributed by atoms with Crippen LogP contribution in [0.1, 0.15) is 65.2 Å². The van der Waals surface area contributed by atoms with Gasteiger partial charge >= 0.3 is 0 Å². The number of hydrogen-bond donors (Lipinski definition) is 1. The van der Waals surface area contributed by atoms with E-state index < -0.39 is 11.8 Å². The average Bonchev–Trinajstić information content (AvgIpc) is 3.31. The Hall–Kier alpha value is -1.67. The minimum Gasteiger partial charge on any atom is -0.390 e. The molecule has 0 unspecified atom stereocenters. The molecule has 0 amide bonds. The minimum absolute atomic E-state index is 0.0537. The van der Waals surface area contributed by atoms with E-state index >= 15 is 4.39 Å². The topological polar surface area (TPSA) is 42.4 Å². The number of allylic oxidation sites excluding steroid dienone is 1. The summed E-state index contributed by atoms with van der Waals surface area (Å²) < 4.78 is 17.3. The van der Waals surface area contributed by atoms with Gasteiger partial charge in [0, 0.05) is 6.20 Å². The molecule has 168 valence electrons. The first kappa shape index (κ1) is 21.2. The zero-order valence-electron chi connectivity index (χ0n) is 18.9. The van der Waals surface area contributed by atoms with Crippen LogP contribution in [0.3, 0.4) is 0 Å². The highest BCUT2D eigenvalue weighted by Crippen LogP contribution is 2.65. The molecule has 4 saturated carbocycles. The number of hydrogen-bond acceptors (Lipinski definition) is 2. The number of aromatic nitrogens is 2. The summed E-state index contributed by atoms with van der Waals surface area (Å²) in [6, 6.07) is 0. The van der Waals surface area contributed by atoms with Crippen LogP contribution in [-0.4, -0.2) is 26.7 Å². The maximum atomic E-state index is 15.4. The van der Waals surface area contributed by atoms with Crippen molar-refractivity contribution in [2.24, 2.45) is 40.9 Å². The molecule has 4 aliphatic carbocycles. The number of rotatable bonds is 3. The lowest BCUT2D eigenvalue weighted by atomic mass is 9.48. The van der Waals surface area contributed by atoms with E-state index in [1.54, 1.807) is 12.4 Å². The molecule has 1 aromatic rings. The summed E-state index contributed by atoms with van der Waals surface area (Å²) in [5, 5.41) is 14.9. The van der Waals surface area contributed by atoms with Gasteiger partial charge < -0.3 is 5.11 Å². The zero-order valence-corrected chi connectivity index (χ0v) is 18.9. The van der Waals surface area contributed by atoms with Crippen LogP contribution in [0, 0.1) is 47.5 Å². The SMILES string of the molecule is [C-]#[N+]c1cnn(CC(=C)[C@H]2CC[C@H]3[C@@H]4C[C@@H](F)[C@H]5C[C@](C)(O)CC[C@@H]5[C@H]4CC[C@]23C)c1. The number of aliphatic hydroxyl groups is 1. The highest BCUT2D eigenvalue weighted by molar-refractivity contribution is 5.39. The Morgan fingerprint density at radius 1 is 1.23 bits per heavy atom. The first-order valence-corrected chi connectivity index (χ1v) is 12.2. The quantitative estimate of drug-likeness (QED) is 0.480. The van der Waals surface area contributed by atoms with E-state index in [1.165, 1.54) is 24.8 Å². The van der Waals surface area contributed by atoms with Gasteiger partial charge in [0.25, 0.3) is 0 Å². The number of alkyl halides is 1. The van der Waals surface area contributed by atoms with Gasteiger partial charge in [-0.05, 0) is 99.2 Å². The second-order valence-electron chi connectivity index (χ2n) is 11.6. The maximum Gasteiger partial charge on any atom is 0.224 e. The summed E-state index contributed by atoms with van der Waals surface area (Å²) in [4.78, 5) is 3.46.